The smallest absolute Gasteiger partial charge is 0.197 e. The molecule has 5 rings (SSSR count). The minimum absolute atomic E-state index is 0.0942. The number of hydrogen-bond donors (Lipinski definition) is 1. The van der Waals surface area contributed by atoms with Crippen LogP contribution in [0, 0.1) is 0 Å². The minimum atomic E-state index is -0.148. The summed E-state index contributed by atoms with van der Waals surface area (Å²) in [6.45, 7) is 1.05. The summed E-state index contributed by atoms with van der Waals surface area (Å²) in [5.74, 6) is 1.13. The van der Waals surface area contributed by atoms with Crippen molar-refractivity contribution in [2.75, 3.05) is 6.54 Å². The lowest BCUT2D eigenvalue weighted by molar-refractivity contribution is 0.171. The lowest BCUT2D eigenvalue weighted by Crippen LogP contribution is -2.36. The van der Waals surface area contributed by atoms with Crippen LogP contribution in [0.1, 0.15) is 37.4 Å². The van der Waals surface area contributed by atoms with Gasteiger partial charge in [-0.3, -0.25) is 4.79 Å². The van der Waals surface area contributed by atoms with Crippen molar-refractivity contribution in [2.24, 2.45) is 0 Å². The van der Waals surface area contributed by atoms with Gasteiger partial charge in [-0.2, -0.15) is 0 Å². The van der Waals surface area contributed by atoms with E-state index >= 15 is 0 Å². The Morgan fingerprint density at radius 3 is 2.47 bits per heavy atom. The van der Waals surface area contributed by atoms with Crippen molar-refractivity contribution in [3.63, 3.8) is 0 Å². The van der Waals surface area contributed by atoms with Gasteiger partial charge in [0.05, 0.1) is 0 Å². The number of ether oxygens (including phenoxy) is 1. The van der Waals surface area contributed by atoms with Gasteiger partial charge in [0.2, 0.25) is 0 Å². The van der Waals surface area contributed by atoms with Crippen molar-refractivity contribution in [2.45, 2.75) is 37.8 Å². The van der Waals surface area contributed by atoms with Crippen LogP contribution in [0.4, 0.5) is 0 Å². The topological polar surface area (TPSA) is 51.5 Å². The predicted molar refractivity (Wildman–Crippen MR) is 128 cm³/mol. The molecule has 0 spiro atoms. The van der Waals surface area contributed by atoms with E-state index in [2.05, 4.69) is 17.4 Å². The maximum atomic E-state index is 13.1. The Balaban J connectivity index is 1.51. The molecule has 0 aliphatic carbocycles. The van der Waals surface area contributed by atoms with Crippen LogP contribution in [-0.2, 0) is 0 Å². The van der Waals surface area contributed by atoms with Crippen LogP contribution in [-0.4, -0.2) is 12.6 Å². The zero-order chi connectivity index (χ0) is 21.8. The van der Waals surface area contributed by atoms with Crippen LogP contribution >= 0.6 is 0 Å². The summed E-state index contributed by atoms with van der Waals surface area (Å²) in [6, 6.07) is 27.5. The van der Waals surface area contributed by atoms with Gasteiger partial charge < -0.3 is 14.5 Å². The molecule has 1 fully saturated rings. The first kappa shape index (κ1) is 20.5. The molecule has 0 radical (unpaired) electrons. The number of benzene rings is 3. The molecule has 2 unspecified atom stereocenters. The third kappa shape index (κ3) is 4.46. The van der Waals surface area contributed by atoms with E-state index < -0.39 is 0 Å². The van der Waals surface area contributed by atoms with E-state index in [4.69, 9.17) is 9.15 Å². The fourth-order valence-corrected chi connectivity index (χ4v) is 4.48. The second-order valence-electron chi connectivity index (χ2n) is 8.37. The average Bonchev–Trinajstić information content (AvgIpc) is 2.85. The van der Waals surface area contributed by atoms with Crippen molar-refractivity contribution >= 4 is 11.0 Å². The molecule has 4 nitrogen and oxygen atoms in total. The SMILES string of the molecule is O=c1cc(-c2ccccc2)oc2cccc(OC(CC3CCCCN3)c3ccccc3)c12. The highest BCUT2D eigenvalue weighted by Gasteiger charge is 2.23. The zero-order valence-corrected chi connectivity index (χ0v) is 18.0. The maximum Gasteiger partial charge on any atom is 0.197 e. The summed E-state index contributed by atoms with van der Waals surface area (Å²) in [6.07, 6.45) is 4.31. The van der Waals surface area contributed by atoms with Crippen LogP contribution in [0.2, 0.25) is 0 Å². The molecule has 2 atom stereocenters. The molecule has 0 amide bonds. The molecule has 4 aromatic rings. The molecule has 0 saturated carbocycles. The molecule has 0 bridgehead atoms. The molecule has 32 heavy (non-hydrogen) atoms. The third-order valence-electron chi connectivity index (χ3n) is 6.13. The Bertz CT molecular complexity index is 1230. The van der Waals surface area contributed by atoms with Crippen LogP contribution in [0.25, 0.3) is 22.3 Å². The third-order valence-corrected chi connectivity index (χ3v) is 6.13. The molecule has 1 aliphatic heterocycles. The first-order valence-electron chi connectivity index (χ1n) is 11.4. The number of fused-ring (bicyclic) bond motifs is 1. The molecule has 3 aromatic carbocycles. The van der Waals surface area contributed by atoms with Gasteiger partial charge >= 0.3 is 0 Å². The standard InChI is InChI=1S/C28H27NO3/c30-23-19-27(21-12-5-2-6-13-21)32-25-16-9-15-24(28(23)25)31-26(20-10-3-1-4-11-20)18-22-14-7-8-17-29-22/h1-6,9-13,15-16,19,22,26,29H,7-8,14,17-18H2. The molecule has 4 heteroatoms. The van der Waals surface area contributed by atoms with Gasteiger partial charge in [-0.1, -0.05) is 73.2 Å². The van der Waals surface area contributed by atoms with Crippen LogP contribution in [0.15, 0.2) is 94.1 Å². The van der Waals surface area contributed by atoms with E-state index in [-0.39, 0.29) is 11.5 Å². The van der Waals surface area contributed by atoms with Crippen molar-refractivity contribution < 1.29 is 9.15 Å². The first-order valence-corrected chi connectivity index (χ1v) is 11.4. The highest BCUT2D eigenvalue weighted by atomic mass is 16.5. The van der Waals surface area contributed by atoms with E-state index in [1.807, 2.05) is 66.7 Å². The van der Waals surface area contributed by atoms with E-state index in [0.29, 0.717) is 28.5 Å². The fraction of sp³-hybridized carbons (Fsp3) is 0.250. The van der Waals surface area contributed by atoms with Gasteiger partial charge in [0.25, 0.3) is 0 Å². The molecule has 2 heterocycles. The monoisotopic (exact) mass is 425 g/mol. The maximum absolute atomic E-state index is 13.1. The van der Waals surface area contributed by atoms with Gasteiger partial charge in [-0.05, 0) is 37.1 Å². The Kier molecular flexibility index (Phi) is 6.04. The lowest BCUT2D eigenvalue weighted by Gasteiger charge is -2.28. The lowest BCUT2D eigenvalue weighted by atomic mass is 9.95. The van der Waals surface area contributed by atoms with Crippen molar-refractivity contribution in [1.82, 2.24) is 5.32 Å². The molecular formula is C28H27NO3. The summed E-state index contributed by atoms with van der Waals surface area (Å²) >= 11 is 0. The molecule has 1 aromatic heterocycles. The normalized spacial score (nSPS) is 17.2. The summed E-state index contributed by atoms with van der Waals surface area (Å²) in [4.78, 5) is 13.1. The largest absolute Gasteiger partial charge is 0.485 e. The van der Waals surface area contributed by atoms with Gasteiger partial charge in [-0.25, -0.2) is 0 Å². The fourth-order valence-electron chi connectivity index (χ4n) is 4.48. The summed E-state index contributed by atoms with van der Waals surface area (Å²) < 4.78 is 12.7. The number of piperidine rings is 1. The van der Waals surface area contributed by atoms with Crippen LogP contribution in [0.3, 0.4) is 0 Å². The molecule has 1 aliphatic rings. The molecule has 1 N–H and O–H groups in total. The molecule has 1 saturated heterocycles. The van der Waals surface area contributed by atoms with Crippen molar-refractivity contribution in [3.8, 4) is 17.1 Å². The van der Waals surface area contributed by atoms with E-state index in [1.165, 1.54) is 12.8 Å². The Hall–Kier alpha value is -3.37. The van der Waals surface area contributed by atoms with E-state index in [9.17, 15) is 4.79 Å². The molecule has 162 valence electrons. The van der Waals surface area contributed by atoms with Gasteiger partial charge in [0.15, 0.2) is 5.43 Å². The average molecular weight is 426 g/mol. The van der Waals surface area contributed by atoms with Crippen molar-refractivity contribution in [3.05, 3.63) is 101 Å². The number of nitrogens with one attached hydrogen (secondary N) is 1. The molecular weight excluding hydrogens is 398 g/mol. The van der Waals surface area contributed by atoms with Gasteiger partial charge in [-0.15, -0.1) is 0 Å². The van der Waals surface area contributed by atoms with Crippen LogP contribution < -0.4 is 15.5 Å². The van der Waals surface area contributed by atoms with Gasteiger partial charge in [0.1, 0.15) is 28.6 Å². The van der Waals surface area contributed by atoms with Crippen molar-refractivity contribution in [1.29, 1.82) is 0 Å². The Morgan fingerprint density at radius 2 is 1.72 bits per heavy atom. The van der Waals surface area contributed by atoms with E-state index in [0.717, 1.165) is 30.5 Å². The van der Waals surface area contributed by atoms with Gasteiger partial charge in [0, 0.05) is 24.1 Å². The Morgan fingerprint density at radius 1 is 0.938 bits per heavy atom. The highest BCUT2D eigenvalue weighted by molar-refractivity contribution is 5.84. The summed E-state index contributed by atoms with van der Waals surface area (Å²) in [5.41, 5.74) is 2.44. The first-order chi connectivity index (χ1) is 15.8. The summed E-state index contributed by atoms with van der Waals surface area (Å²) in [5, 5.41) is 4.11. The van der Waals surface area contributed by atoms with E-state index in [1.54, 1.807) is 6.07 Å². The van der Waals surface area contributed by atoms with Crippen LogP contribution in [0.5, 0.6) is 5.75 Å². The second kappa shape index (κ2) is 9.41. The quantitative estimate of drug-likeness (QED) is 0.405. The second-order valence-corrected chi connectivity index (χ2v) is 8.37. The highest BCUT2D eigenvalue weighted by Crippen LogP contribution is 2.33. The summed E-state index contributed by atoms with van der Waals surface area (Å²) in [7, 11) is 0. The number of hydrogen-bond acceptors (Lipinski definition) is 4. The Labute approximate surface area is 187 Å². The number of rotatable bonds is 6. The zero-order valence-electron chi connectivity index (χ0n) is 18.0. The predicted octanol–water partition coefficient (Wildman–Crippen LogP) is 6.11. The minimum Gasteiger partial charge on any atom is -0.485 e.